The highest BCUT2D eigenvalue weighted by atomic mass is 35.5. The zero-order valence-corrected chi connectivity index (χ0v) is 11.0. The monoisotopic (exact) mass is 296 g/mol. The highest BCUT2D eigenvalue weighted by Crippen LogP contribution is 2.18. The summed E-state index contributed by atoms with van der Waals surface area (Å²) in [4.78, 5) is 8.31. The standard InChI is InChI=1S/C13H11ClF2N4/c14-12-2-1-10-11(20-12)3-8(6-19-10)9(4-17)5-18-7-13(15)16/h1-6,13,17-18H,7H2/b9-5+,17-4?. The van der Waals surface area contributed by atoms with Crippen molar-refractivity contribution in [3.05, 3.63) is 41.3 Å². The van der Waals surface area contributed by atoms with Gasteiger partial charge in [-0.1, -0.05) is 11.6 Å². The fourth-order valence-electron chi connectivity index (χ4n) is 1.61. The van der Waals surface area contributed by atoms with Crippen LogP contribution in [0.25, 0.3) is 16.6 Å². The summed E-state index contributed by atoms with van der Waals surface area (Å²) in [5, 5.41) is 10.1. The minimum absolute atomic E-state index is 0.340. The Bertz CT molecular complexity index is 658. The van der Waals surface area contributed by atoms with E-state index in [-0.39, 0.29) is 0 Å². The third-order valence-corrected chi connectivity index (χ3v) is 2.73. The molecule has 0 aliphatic rings. The van der Waals surface area contributed by atoms with Gasteiger partial charge >= 0.3 is 0 Å². The number of hydrogen-bond acceptors (Lipinski definition) is 4. The maximum Gasteiger partial charge on any atom is 0.255 e. The van der Waals surface area contributed by atoms with Crippen molar-refractivity contribution in [1.29, 1.82) is 5.41 Å². The number of pyridine rings is 2. The predicted octanol–water partition coefficient (Wildman–Crippen LogP) is 3.13. The van der Waals surface area contributed by atoms with Gasteiger partial charge < -0.3 is 10.7 Å². The van der Waals surface area contributed by atoms with E-state index in [1.54, 1.807) is 24.4 Å². The number of fused-ring (bicyclic) bond motifs is 1. The van der Waals surface area contributed by atoms with Gasteiger partial charge in [0.15, 0.2) is 0 Å². The van der Waals surface area contributed by atoms with Crippen LogP contribution in [0.4, 0.5) is 8.78 Å². The minimum atomic E-state index is -2.45. The Morgan fingerprint density at radius 3 is 2.90 bits per heavy atom. The van der Waals surface area contributed by atoms with E-state index in [1.165, 1.54) is 6.20 Å². The number of aromatic nitrogens is 2. The van der Waals surface area contributed by atoms with Crippen LogP contribution in [0.2, 0.25) is 5.15 Å². The molecule has 7 heteroatoms. The number of nitrogens with one attached hydrogen (secondary N) is 2. The maximum atomic E-state index is 12.1. The van der Waals surface area contributed by atoms with Crippen LogP contribution in [-0.2, 0) is 0 Å². The lowest BCUT2D eigenvalue weighted by Crippen LogP contribution is -2.15. The van der Waals surface area contributed by atoms with E-state index in [9.17, 15) is 8.78 Å². The summed E-state index contributed by atoms with van der Waals surface area (Å²) < 4.78 is 24.1. The van der Waals surface area contributed by atoms with Crippen molar-refractivity contribution in [3.8, 4) is 0 Å². The van der Waals surface area contributed by atoms with Gasteiger partial charge in [-0.15, -0.1) is 0 Å². The van der Waals surface area contributed by atoms with E-state index in [4.69, 9.17) is 17.0 Å². The molecule has 0 spiro atoms. The highest BCUT2D eigenvalue weighted by molar-refractivity contribution is 6.29. The number of halogens is 3. The third kappa shape index (κ3) is 3.48. The van der Waals surface area contributed by atoms with E-state index in [2.05, 4.69) is 15.3 Å². The Hall–Kier alpha value is -2.08. The van der Waals surface area contributed by atoms with Gasteiger partial charge in [-0.05, 0) is 18.2 Å². The predicted molar refractivity (Wildman–Crippen MR) is 75.3 cm³/mol. The molecule has 0 amide bonds. The summed E-state index contributed by atoms with van der Waals surface area (Å²) in [6.07, 6.45) is 1.52. The smallest absolute Gasteiger partial charge is 0.255 e. The molecule has 0 fully saturated rings. The maximum absolute atomic E-state index is 12.1. The van der Waals surface area contributed by atoms with Gasteiger partial charge in [0.25, 0.3) is 6.43 Å². The van der Waals surface area contributed by atoms with Crippen LogP contribution in [0.1, 0.15) is 5.56 Å². The lowest BCUT2D eigenvalue weighted by atomic mass is 10.1. The molecule has 2 heterocycles. The molecule has 104 valence electrons. The van der Waals surface area contributed by atoms with Crippen molar-refractivity contribution in [2.45, 2.75) is 6.43 Å². The molecule has 2 N–H and O–H groups in total. The molecule has 0 bridgehead atoms. The van der Waals surface area contributed by atoms with Crippen molar-refractivity contribution in [1.82, 2.24) is 15.3 Å². The third-order valence-electron chi connectivity index (χ3n) is 2.52. The minimum Gasteiger partial charge on any atom is -0.385 e. The van der Waals surface area contributed by atoms with Gasteiger partial charge in [0, 0.05) is 29.7 Å². The van der Waals surface area contributed by atoms with E-state index in [0.29, 0.717) is 27.3 Å². The first kappa shape index (κ1) is 14.3. The Labute approximate surface area is 119 Å². The Morgan fingerprint density at radius 1 is 1.40 bits per heavy atom. The topological polar surface area (TPSA) is 61.7 Å². The molecule has 2 aromatic heterocycles. The van der Waals surface area contributed by atoms with Gasteiger partial charge in [0.1, 0.15) is 5.15 Å². The van der Waals surface area contributed by atoms with Crippen molar-refractivity contribution < 1.29 is 8.78 Å². The number of rotatable bonds is 5. The number of allylic oxidation sites excluding steroid dienone is 1. The normalized spacial score (nSPS) is 11.9. The van der Waals surface area contributed by atoms with Crippen molar-refractivity contribution in [2.75, 3.05) is 6.54 Å². The summed E-state index contributed by atoms with van der Waals surface area (Å²) in [6, 6.07) is 5.07. The van der Waals surface area contributed by atoms with E-state index in [0.717, 1.165) is 6.21 Å². The van der Waals surface area contributed by atoms with E-state index >= 15 is 0 Å². The van der Waals surface area contributed by atoms with Gasteiger partial charge in [-0.2, -0.15) is 0 Å². The number of alkyl halides is 2. The van der Waals surface area contributed by atoms with Crippen LogP contribution in [0, 0.1) is 5.41 Å². The van der Waals surface area contributed by atoms with Crippen LogP contribution in [0.5, 0.6) is 0 Å². The molecule has 0 saturated heterocycles. The molecule has 0 unspecified atom stereocenters. The molecule has 20 heavy (non-hydrogen) atoms. The molecule has 0 aliphatic carbocycles. The van der Waals surface area contributed by atoms with Crippen molar-refractivity contribution in [3.63, 3.8) is 0 Å². The average Bonchev–Trinajstić information content (AvgIpc) is 2.42. The van der Waals surface area contributed by atoms with Gasteiger partial charge in [-0.3, -0.25) is 4.98 Å². The first-order chi connectivity index (χ1) is 9.60. The second-order valence-corrected chi connectivity index (χ2v) is 4.33. The zero-order valence-electron chi connectivity index (χ0n) is 10.3. The largest absolute Gasteiger partial charge is 0.385 e. The van der Waals surface area contributed by atoms with E-state index in [1.807, 2.05) is 0 Å². The Morgan fingerprint density at radius 2 is 2.20 bits per heavy atom. The molecule has 2 rings (SSSR count). The van der Waals surface area contributed by atoms with Crippen molar-refractivity contribution >= 4 is 34.4 Å². The van der Waals surface area contributed by atoms with Crippen LogP contribution in [0.15, 0.2) is 30.6 Å². The fourth-order valence-corrected chi connectivity index (χ4v) is 1.76. The lowest BCUT2D eigenvalue weighted by Gasteiger charge is -2.05. The van der Waals surface area contributed by atoms with Crippen LogP contribution >= 0.6 is 11.6 Å². The lowest BCUT2D eigenvalue weighted by molar-refractivity contribution is 0.151. The first-order valence-electron chi connectivity index (χ1n) is 5.75. The SMILES string of the molecule is N=C/C(=C\NCC(F)F)c1cnc2ccc(Cl)nc2c1. The first-order valence-corrected chi connectivity index (χ1v) is 6.13. The van der Waals surface area contributed by atoms with Crippen LogP contribution < -0.4 is 5.32 Å². The van der Waals surface area contributed by atoms with E-state index < -0.39 is 13.0 Å². The second-order valence-electron chi connectivity index (χ2n) is 3.94. The summed E-state index contributed by atoms with van der Waals surface area (Å²) in [5.74, 6) is 0. The molecule has 0 radical (unpaired) electrons. The summed E-state index contributed by atoms with van der Waals surface area (Å²) in [7, 11) is 0. The fraction of sp³-hybridized carbons (Fsp3) is 0.154. The second kappa shape index (κ2) is 6.38. The van der Waals surface area contributed by atoms with Gasteiger partial charge in [0.05, 0.1) is 17.6 Å². The molecule has 0 saturated carbocycles. The Kier molecular flexibility index (Phi) is 4.57. The Balaban J connectivity index is 2.32. The number of hydrogen-bond donors (Lipinski definition) is 2. The number of nitrogens with zero attached hydrogens (tertiary/aromatic N) is 2. The summed E-state index contributed by atoms with van der Waals surface area (Å²) >= 11 is 5.81. The molecular formula is C13H11ClF2N4. The zero-order chi connectivity index (χ0) is 14.5. The van der Waals surface area contributed by atoms with Crippen LogP contribution in [0.3, 0.4) is 0 Å². The summed E-state index contributed by atoms with van der Waals surface area (Å²) in [6.45, 7) is -0.470. The molecule has 0 aromatic carbocycles. The van der Waals surface area contributed by atoms with Crippen molar-refractivity contribution in [2.24, 2.45) is 0 Å². The van der Waals surface area contributed by atoms with Gasteiger partial charge in [0.2, 0.25) is 0 Å². The highest BCUT2D eigenvalue weighted by Gasteiger charge is 2.04. The molecule has 0 aliphatic heterocycles. The molecular weight excluding hydrogens is 286 g/mol. The molecule has 2 aromatic rings. The molecule has 4 nitrogen and oxygen atoms in total. The average molecular weight is 297 g/mol. The quantitative estimate of drug-likeness (QED) is 0.658. The molecule has 0 atom stereocenters. The summed E-state index contributed by atoms with van der Waals surface area (Å²) in [5.41, 5.74) is 2.28. The van der Waals surface area contributed by atoms with Gasteiger partial charge in [-0.25, -0.2) is 13.8 Å². The van der Waals surface area contributed by atoms with Crippen LogP contribution in [-0.4, -0.2) is 29.2 Å².